The third kappa shape index (κ3) is 4.08. The average molecular weight is 615 g/mol. The van der Waals surface area contributed by atoms with Crippen LogP contribution in [0.4, 0.5) is 17.3 Å². The lowest BCUT2D eigenvalue weighted by Gasteiger charge is -2.32. The van der Waals surface area contributed by atoms with E-state index in [0.29, 0.717) is 17.6 Å². The van der Waals surface area contributed by atoms with E-state index in [1.807, 2.05) is 36.4 Å². The predicted molar refractivity (Wildman–Crippen MR) is 195 cm³/mol. The Morgan fingerprint density at radius 3 is 1.98 bits per heavy atom. The summed E-state index contributed by atoms with van der Waals surface area (Å²) in [7, 11) is 0. The van der Waals surface area contributed by atoms with Crippen LogP contribution in [0.3, 0.4) is 0 Å². The zero-order valence-electron chi connectivity index (χ0n) is 25.7. The van der Waals surface area contributed by atoms with Crippen molar-refractivity contribution in [3.8, 4) is 45.0 Å². The molecule has 224 valence electrons. The van der Waals surface area contributed by atoms with Gasteiger partial charge in [-0.05, 0) is 52.4 Å². The maximum absolute atomic E-state index is 6.30. The molecule has 7 aromatic carbocycles. The summed E-state index contributed by atoms with van der Waals surface area (Å²) in [6, 6.07) is 54.5. The fraction of sp³-hybridized carbons (Fsp3) is 0. The number of hydrogen-bond donors (Lipinski definition) is 0. The van der Waals surface area contributed by atoms with E-state index >= 15 is 0 Å². The van der Waals surface area contributed by atoms with Gasteiger partial charge in [-0.2, -0.15) is 9.97 Å². The number of benzene rings is 7. The Labute approximate surface area is 276 Å². The number of nitrogens with zero attached hydrogens (tertiary/aromatic N) is 4. The molecule has 9 aromatic rings. The van der Waals surface area contributed by atoms with Gasteiger partial charge in [0.15, 0.2) is 11.6 Å². The van der Waals surface area contributed by atoms with E-state index in [2.05, 4.69) is 126 Å². The van der Waals surface area contributed by atoms with Gasteiger partial charge in [-0.3, -0.25) is 4.90 Å². The van der Waals surface area contributed by atoms with Crippen LogP contribution in [0.5, 0.6) is 0 Å². The molecule has 2 aromatic heterocycles. The SMILES string of the molecule is c1ccc(-c2ccccc2-c2nc(-c3ccc4c(c3)oc3ccccc34)nc(N3c4ccccc4-c4cccc5cccc3c45)n2)cc1. The molecule has 0 bridgehead atoms. The van der Waals surface area contributed by atoms with Crippen LogP contribution in [0.25, 0.3) is 77.7 Å². The third-order valence-electron chi connectivity index (χ3n) is 9.27. The third-order valence-corrected chi connectivity index (χ3v) is 9.27. The maximum atomic E-state index is 6.30. The molecule has 5 heteroatoms. The Kier molecular flexibility index (Phi) is 5.81. The largest absolute Gasteiger partial charge is 0.456 e. The molecule has 0 fully saturated rings. The normalized spacial score (nSPS) is 12.1. The molecule has 0 saturated carbocycles. The van der Waals surface area contributed by atoms with Crippen LogP contribution in [-0.2, 0) is 0 Å². The van der Waals surface area contributed by atoms with E-state index < -0.39 is 0 Å². The van der Waals surface area contributed by atoms with E-state index in [1.54, 1.807) is 0 Å². The number of anilines is 3. The van der Waals surface area contributed by atoms with Gasteiger partial charge in [0.2, 0.25) is 5.95 Å². The van der Waals surface area contributed by atoms with Gasteiger partial charge in [0.05, 0.1) is 11.4 Å². The van der Waals surface area contributed by atoms with Crippen LogP contribution in [0.15, 0.2) is 162 Å². The highest BCUT2D eigenvalue weighted by molar-refractivity contribution is 6.13. The zero-order valence-corrected chi connectivity index (χ0v) is 25.7. The van der Waals surface area contributed by atoms with Crippen molar-refractivity contribution < 1.29 is 4.42 Å². The monoisotopic (exact) mass is 614 g/mol. The van der Waals surface area contributed by atoms with Crippen LogP contribution < -0.4 is 4.90 Å². The first-order valence-corrected chi connectivity index (χ1v) is 16.0. The van der Waals surface area contributed by atoms with Crippen molar-refractivity contribution in [2.45, 2.75) is 0 Å². The van der Waals surface area contributed by atoms with E-state index in [4.69, 9.17) is 19.4 Å². The van der Waals surface area contributed by atoms with Crippen LogP contribution in [0.2, 0.25) is 0 Å². The van der Waals surface area contributed by atoms with Gasteiger partial charge in [0.1, 0.15) is 11.2 Å². The summed E-state index contributed by atoms with van der Waals surface area (Å²) in [4.78, 5) is 17.9. The fourth-order valence-electron chi connectivity index (χ4n) is 7.10. The molecular weight excluding hydrogens is 589 g/mol. The number of rotatable bonds is 4. The lowest BCUT2D eigenvalue weighted by Crippen LogP contribution is -2.18. The fourth-order valence-corrected chi connectivity index (χ4v) is 7.10. The molecule has 0 unspecified atom stereocenters. The van der Waals surface area contributed by atoms with Gasteiger partial charge in [-0.15, -0.1) is 0 Å². The van der Waals surface area contributed by atoms with Crippen molar-refractivity contribution in [2.75, 3.05) is 4.90 Å². The maximum Gasteiger partial charge on any atom is 0.238 e. The minimum absolute atomic E-state index is 0.553. The average Bonchev–Trinajstić information content (AvgIpc) is 3.53. The summed E-state index contributed by atoms with van der Waals surface area (Å²) >= 11 is 0. The Bertz CT molecular complexity index is 2690. The topological polar surface area (TPSA) is 55.1 Å². The molecule has 1 aliphatic heterocycles. The molecule has 1 aliphatic rings. The van der Waals surface area contributed by atoms with Crippen molar-refractivity contribution >= 4 is 50.0 Å². The number of para-hydroxylation sites is 2. The van der Waals surface area contributed by atoms with Crippen molar-refractivity contribution in [1.29, 1.82) is 0 Å². The molecule has 0 N–H and O–H groups in total. The van der Waals surface area contributed by atoms with Crippen LogP contribution in [0.1, 0.15) is 0 Å². The van der Waals surface area contributed by atoms with Crippen molar-refractivity contribution in [3.63, 3.8) is 0 Å². The minimum atomic E-state index is 0.553. The molecule has 10 rings (SSSR count). The Balaban J connectivity index is 1.25. The molecule has 0 spiro atoms. The zero-order chi connectivity index (χ0) is 31.6. The minimum Gasteiger partial charge on any atom is -0.456 e. The second-order valence-electron chi connectivity index (χ2n) is 12.0. The van der Waals surface area contributed by atoms with Gasteiger partial charge in [-0.25, -0.2) is 4.98 Å². The van der Waals surface area contributed by atoms with Gasteiger partial charge in [0.25, 0.3) is 0 Å². The second-order valence-corrected chi connectivity index (χ2v) is 12.0. The first kappa shape index (κ1) is 26.6. The molecule has 48 heavy (non-hydrogen) atoms. The molecule has 0 aliphatic carbocycles. The van der Waals surface area contributed by atoms with Crippen LogP contribution in [0, 0.1) is 0 Å². The van der Waals surface area contributed by atoms with E-state index in [1.165, 1.54) is 16.3 Å². The first-order valence-electron chi connectivity index (χ1n) is 16.0. The van der Waals surface area contributed by atoms with E-state index in [9.17, 15) is 0 Å². The van der Waals surface area contributed by atoms with Crippen molar-refractivity contribution in [1.82, 2.24) is 15.0 Å². The summed E-state index contributed by atoms with van der Waals surface area (Å²) in [5.74, 6) is 1.73. The van der Waals surface area contributed by atoms with E-state index in [-0.39, 0.29) is 0 Å². The lowest BCUT2D eigenvalue weighted by atomic mass is 9.91. The highest BCUT2D eigenvalue weighted by atomic mass is 16.3. The Morgan fingerprint density at radius 1 is 0.417 bits per heavy atom. The summed E-state index contributed by atoms with van der Waals surface area (Å²) in [5.41, 5.74) is 9.99. The molecular formula is C43H26N4O. The van der Waals surface area contributed by atoms with Gasteiger partial charge in [-0.1, -0.05) is 127 Å². The summed E-state index contributed by atoms with van der Waals surface area (Å²) in [6.07, 6.45) is 0. The Morgan fingerprint density at radius 2 is 1.08 bits per heavy atom. The summed E-state index contributed by atoms with van der Waals surface area (Å²) in [6.45, 7) is 0. The smallest absolute Gasteiger partial charge is 0.238 e. The number of aromatic nitrogens is 3. The predicted octanol–water partition coefficient (Wildman–Crippen LogP) is 11.4. The highest BCUT2D eigenvalue weighted by Crippen LogP contribution is 2.50. The Hall–Kier alpha value is -6.59. The first-order chi connectivity index (χ1) is 23.8. The quantitative estimate of drug-likeness (QED) is 0.197. The van der Waals surface area contributed by atoms with Gasteiger partial charge >= 0.3 is 0 Å². The molecule has 5 nitrogen and oxygen atoms in total. The molecule has 0 saturated heterocycles. The van der Waals surface area contributed by atoms with Crippen molar-refractivity contribution in [3.05, 3.63) is 158 Å². The molecule has 0 amide bonds. The van der Waals surface area contributed by atoms with Gasteiger partial charge in [0, 0.05) is 32.8 Å². The highest BCUT2D eigenvalue weighted by Gasteiger charge is 2.28. The van der Waals surface area contributed by atoms with Gasteiger partial charge < -0.3 is 4.42 Å². The van der Waals surface area contributed by atoms with Crippen LogP contribution in [-0.4, -0.2) is 15.0 Å². The summed E-state index contributed by atoms with van der Waals surface area (Å²) in [5, 5.41) is 4.50. The van der Waals surface area contributed by atoms with Crippen molar-refractivity contribution in [2.24, 2.45) is 0 Å². The second kappa shape index (κ2) is 10.5. The van der Waals surface area contributed by atoms with E-state index in [0.717, 1.165) is 61.1 Å². The molecule has 3 heterocycles. The molecule has 0 atom stereocenters. The molecule has 0 radical (unpaired) electrons. The van der Waals surface area contributed by atoms with Crippen LogP contribution >= 0.6 is 0 Å². The number of furan rings is 1. The number of hydrogen-bond acceptors (Lipinski definition) is 5. The summed E-state index contributed by atoms with van der Waals surface area (Å²) < 4.78 is 6.30. The standard InChI is InChI=1S/C43H26N4O/c1-2-12-27(13-3-1)30-16-4-5-19-35(30)42-44-41(29-24-25-33-32-18-7-9-23-38(32)48-39(33)26-29)45-43(46-42)47-36-21-8-6-17-31(36)34-20-10-14-28-15-11-22-37(47)40(28)34/h1-26H. The number of fused-ring (bicyclic) bond motifs is 5. The lowest BCUT2D eigenvalue weighted by molar-refractivity contribution is 0.669.